The Bertz CT molecular complexity index is 671. The number of nitrogens with zero attached hydrogens (tertiary/aromatic N) is 1. The van der Waals surface area contributed by atoms with Crippen LogP contribution >= 0.6 is 0 Å². The van der Waals surface area contributed by atoms with Crippen LogP contribution in [0.4, 0.5) is 4.39 Å². The molecule has 1 aliphatic rings. The molecular weight excluding hydrogens is 325 g/mol. The molecule has 1 aromatic carbocycles. The van der Waals surface area contributed by atoms with Crippen molar-refractivity contribution in [1.82, 2.24) is 10.2 Å². The van der Waals surface area contributed by atoms with Crippen molar-refractivity contribution >= 4 is 11.9 Å². The molecule has 3 N–H and O–H groups in total. The Morgan fingerprint density at radius 3 is 2.80 bits per heavy atom. The maximum atomic E-state index is 13.5. The number of halogens is 1. The highest BCUT2D eigenvalue weighted by atomic mass is 19.1. The predicted molar refractivity (Wildman–Crippen MR) is 93.4 cm³/mol. The number of aliphatic hydroxyl groups excluding tert-OH is 1. The minimum Gasteiger partial charge on any atom is -0.392 e. The number of benzene rings is 1. The van der Waals surface area contributed by atoms with E-state index in [1.807, 2.05) is 24.3 Å². The quantitative estimate of drug-likeness (QED) is 0.515. The Labute approximate surface area is 146 Å². The molecule has 2 atom stereocenters. The van der Waals surface area contributed by atoms with Crippen LogP contribution in [-0.2, 0) is 4.74 Å². The zero-order chi connectivity index (χ0) is 18.2. The molecule has 0 saturated heterocycles. The first kappa shape index (κ1) is 19.0. The van der Waals surface area contributed by atoms with E-state index >= 15 is 0 Å². The normalized spacial score (nSPS) is 17.8. The summed E-state index contributed by atoms with van der Waals surface area (Å²) in [5.41, 5.74) is -0.0300. The average Bonchev–Trinajstić information content (AvgIpc) is 2.90. The zero-order valence-corrected chi connectivity index (χ0v) is 14.0. The zero-order valence-electron chi connectivity index (χ0n) is 14.0. The molecule has 0 aliphatic carbocycles. The second-order valence-corrected chi connectivity index (χ2v) is 5.52. The Hall–Kier alpha value is -2.35. The highest BCUT2D eigenvalue weighted by Gasteiger charge is 2.28. The van der Waals surface area contributed by atoms with Crippen molar-refractivity contribution in [3.63, 3.8) is 0 Å². The van der Waals surface area contributed by atoms with Crippen molar-refractivity contribution in [3.8, 4) is 0 Å². The van der Waals surface area contributed by atoms with E-state index in [4.69, 9.17) is 10.1 Å². The maximum Gasteiger partial charge on any atom is 0.256 e. The Morgan fingerprint density at radius 1 is 1.44 bits per heavy atom. The van der Waals surface area contributed by atoms with E-state index in [1.165, 1.54) is 24.1 Å². The molecule has 1 heterocycles. The lowest BCUT2D eigenvalue weighted by Crippen LogP contribution is -2.50. The van der Waals surface area contributed by atoms with Gasteiger partial charge in [0.25, 0.3) is 5.91 Å². The van der Waals surface area contributed by atoms with Gasteiger partial charge in [-0.05, 0) is 12.1 Å². The number of nitrogens with one attached hydrogen (secondary N) is 2. The average molecular weight is 347 g/mol. The minimum atomic E-state index is -1.18. The lowest BCUT2D eigenvalue weighted by Gasteiger charge is -2.32. The molecule has 0 saturated carbocycles. The molecule has 1 amide bonds. The molecule has 2 rings (SSSR count). The topological polar surface area (TPSA) is 85.7 Å². The number of aliphatic hydroxyl groups is 1. The van der Waals surface area contributed by atoms with Crippen molar-refractivity contribution in [3.05, 3.63) is 59.7 Å². The van der Waals surface area contributed by atoms with Crippen LogP contribution in [0.2, 0.25) is 0 Å². The van der Waals surface area contributed by atoms with Gasteiger partial charge in [0.15, 0.2) is 6.23 Å². The number of carbonyl (C=O) groups is 1. The Kier molecular flexibility index (Phi) is 7.00. The monoisotopic (exact) mass is 347 g/mol. The van der Waals surface area contributed by atoms with Crippen LogP contribution in [0.3, 0.4) is 0 Å². The highest BCUT2D eigenvalue weighted by Crippen LogP contribution is 2.16. The van der Waals surface area contributed by atoms with Crippen LogP contribution in [0.5, 0.6) is 0 Å². The van der Waals surface area contributed by atoms with Crippen molar-refractivity contribution in [2.75, 3.05) is 26.8 Å². The van der Waals surface area contributed by atoms with E-state index in [0.717, 1.165) is 0 Å². The van der Waals surface area contributed by atoms with Crippen LogP contribution in [0.15, 0.2) is 48.6 Å². The fraction of sp³-hybridized carbons (Fsp3) is 0.333. The molecule has 0 fully saturated rings. The third-order valence-corrected chi connectivity index (χ3v) is 3.91. The van der Waals surface area contributed by atoms with Gasteiger partial charge in [-0.2, -0.15) is 4.39 Å². The minimum absolute atomic E-state index is 0.0567. The summed E-state index contributed by atoms with van der Waals surface area (Å²) >= 11 is 0. The van der Waals surface area contributed by atoms with Crippen LogP contribution in [-0.4, -0.2) is 61.0 Å². The summed E-state index contributed by atoms with van der Waals surface area (Å²) < 4.78 is 18.7. The van der Waals surface area contributed by atoms with Gasteiger partial charge in [-0.25, -0.2) is 0 Å². The number of ether oxygens (including phenoxy) is 1. The third kappa shape index (κ3) is 4.82. The Balaban J connectivity index is 2.31. The number of hydrogen-bond acceptors (Lipinski definition) is 5. The van der Waals surface area contributed by atoms with Crippen LogP contribution in [0.1, 0.15) is 15.9 Å². The van der Waals surface area contributed by atoms with E-state index in [2.05, 4.69) is 5.32 Å². The fourth-order valence-corrected chi connectivity index (χ4v) is 2.62. The summed E-state index contributed by atoms with van der Waals surface area (Å²) in [6.45, 7) is 0.471. The molecule has 1 aromatic rings. The molecule has 7 heteroatoms. The maximum absolute atomic E-state index is 13.5. The number of carbonyl (C=O) groups excluding carboxylic acids is 1. The molecule has 0 radical (unpaired) electrons. The van der Waals surface area contributed by atoms with Gasteiger partial charge < -0.3 is 20.1 Å². The molecular formula is C18H22FN3O3. The first-order valence-electron chi connectivity index (χ1n) is 7.93. The Morgan fingerprint density at radius 2 is 2.16 bits per heavy atom. The summed E-state index contributed by atoms with van der Waals surface area (Å²) in [5, 5.41) is 20.0. The van der Waals surface area contributed by atoms with Gasteiger partial charge >= 0.3 is 0 Å². The number of hydrogen-bond donors (Lipinski definition) is 3. The van der Waals surface area contributed by atoms with Crippen LogP contribution < -0.4 is 5.32 Å². The molecule has 2 unspecified atom stereocenters. The van der Waals surface area contributed by atoms with E-state index in [9.17, 15) is 14.3 Å². The lowest BCUT2D eigenvalue weighted by molar-refractivity contribution is -0.0510. The first-order valence-corrected chi connectivity index (χ1v) is 7.93. The number of allylic oxidation sites excluding steroid dienone is 2. The summed E-state index contributed by atoms with van der Waals surface area (Å²) in [4.78, 5) is 14.3. The van der Waals surface area contributed by atoms with Crippen molar-refractivity contribution in [1.29, 1.82) is 5.41 Å². The van der Waals surface area contributed by atoms with E-state index < -0.39 is 24.7 Å². The van der Waals surface area contributed by atoms with E-state index in [-0.39, 0.29) is 23.7 Å². The third-order valence-electron chi connectivity index (χ3n) is 3.91. The molecule has 134 valence electrons. The molecule has 25 heavy (non-hydrogen) atoms. The van der Waals surface area contributed by atoms with Gasteiger partial charge in [0.05, 0.1) is 12.2 Å². The fourth-order valence-electron chi connectivity index (χ4n) is 2.62. The van der Waals surface area contributed by atoms with Crippen molar-refractivity contribution < 1.29 is 19.0 Å². The summed E-state index contributed by atoms with van der Waals surface area (Å²) in [5.74, 6) is -1.69. The van der Waals surface area contributed by atoms with Gasteiger partial charge in [-0.15, -0.1) is 0 Å². The molecule has 0 bridgehead atoms. The SMILES string of the molecule is COC(CO)N(CC1C=CC=CCN1)C(=O)c1ccccc1C(=N)F. The molecule has 0 spiro atoms. The van der Waals surface area contributed by atoms with Crippen molar-refractivity contribution in [2.45, 2.75) is 12.3 Å². The van der Waals surface area contributed by atoms with Crippen LogP contribution in [0.25, 0.3) is 0 Å². The largest absolute Gasteiger partial charge is 0.392 e. The second kappa shape index (κ2) is 9.22. The summed E-state index contributed by atoms with van der Waals surface area (Å²) in [7, 11) is 1.39. The predicted octanol–water partition coefficient (Wildman–Crippen LogP) is 1.47. The van der Waals surface area contributed by atoms with Crippen LogP contribution in [0, 0.1) is 5.41 Å². The van der Waals surface area contributed by atoms with E-state index in [0.29, 0.717) is 6.54 Å². The van der Waals surface area contributed by atoms with Gasteiger partial charge in [0, 0.05) is 31.8 Å². The number of rotatable bonds is 7. The summed E-state index contributed by atoms with van der Waals surface area (Å²) in [6, 6.07) is 5.85. The lowest BCUT2D eigenvalue weighted by atomic mass is 10.1. The highest BCUT2D eigenvalue weighted by molar-refractivity contribution is 6.05. The molecule has 6 nitrogen and oxygen atoms in total. The summed E-state index contributed by atoms with van der Waals surface area (Å²) in [6.07, 6.45) is 6.75. The standard InChI is InChI=1S/C18H22FN3O3/c1-25-16(12-23)22(11-13-7-3-2-6-10-21-13)18(24)15-9-5-4-8-14(15)17(19)20/h2-9,13,16,20-21,23H,10-12H2,1H3. The molecule has 0 aromatic heterocycles. The van der Waals surface area contributed by atoms with Gasteiger partial charge in [0.1, 0.15) is 0 Å². The van der Waals surface area contributed by atoms with E-state index in [1.54, 1.807) is 12.1 Å². The van der Waals surface area contributed by atoms with Gasteiger partial charge in [-0.3, -0.25) is 10.2 Å². The van der Waals surface area contributed by atoms with Gasteiger partial charge in [0.2, 0.25) is 5.97 Å². The van der Waals surface area contributed by atoms with Crippen molar-refractivity contribution in [2.24, 2.45) is 0 Å². The number of methoxy groups -OCH3 is 1. The van der Waals surface area contributed by atoms with Gasteiger partial charge in [-0.1, -0.05) is 36.4 Å². The number of amides is 1. The second-order valence-electron chi connectivity index (χ2n) is 5.52. The first-order chi connectivity index (χ1) is 12.1. The smallest absolute Gasteiger partial charge is 0.256 e. The molecule has 1 aliphatic heterocycles.